The molecule has 30 heavy (non-hydrogen) atoms. The largest absolute Gasteiger partial charge is 0.490 e. The van der Waals surface area contributed by atoms with E-state index in [0.717, 1.165) is 11.1 Å². The van der Waals surface area contributed by atoms with Crippen LogP contribution in [-0.2, 0) is 22.6 Å². The highest BCUT2D eigenvalue weighted by molar-refractivity contribution is 5.87. The van der Waals surface area contributed by atoms with Crippen LogP contribution in [0, 0.1) is 0 Å². The zero-order valence-corrected chi connectivity index (χ0v) is 18.3. The molecule has 1 atom stereocenters. The lowest BCUT2D eigenvalue weighted by Gasteiger charge is -2.28. The molecule has 2 aromatic carbocycles. The number of nitrogens with zero attached hydrogens (tertiary/aromatic N) is 1. The zero-order valence-electron chi connectivity index (χ0n) is 18.3. The molecule has 0 fully saturated rings. The van der Waals surface area contributed by atoms with Crippen molar-refractivity contribution in [3.05, 3.63) is 59.7 Å². The maximum Gasteiger partial charge on any atom is 0.242 e. The predicted molar refractivity (Wildman–Crippen MR) is 118 cm³/mol. The van der Waals surface area contributed by atoms with E-state index in [1.165, 1.54) is 0 Å². The number of carbonyl (C=O) groups excluding carboxylic acids is 2. The first-order valence-corrected chi connectivity index (χ1v) is 10.4. The molecule has 1 unspecified atom stereocenters. The summed E-state index contributed by atoms with van der Waals surface area (Å²) in [4.78, 5) is 26.9. The minimum absolute atomic E-state index is 0.0678. The van der Waals surface area contributed by atoms with Gasteiger partial charge in [0.15, 0.2) is 11.5 Å². The van der Waals surface area contributed by atoms with E-state index in [1.54, 1.807) is 18.9 Å². The molecule has 2 rings (SSSR count). The molecule has 0 radical (unpaired) electrons. The normalized spacial score (nSPS) is 11.5. The summed E-state index contributed by atoms with van der Waals surface area (Å²) < 4.78 is 11.3. The monoisotopic (exact) mass is 412 g/mol. The average Bonchev–Trinajstić information content (AvgIpc) is 2.77. The molecule has 0 saturated heterocycles. The van der Waals surface area contributed by atoms with Gasteiger partial charge in [0.25, 0.3) is 0 Å². The highest BCUT2D eigenvalue weighted by Gasteiger charge is 2.25. The molecule has 6 nitrogen and oxygen atoms in total. The van der Waals surface area contributed by atoms with Crippen LogP contribution in [-0.4, -0.2) is 43.0 Å². The lowest BCUT2D eigenvalue weighted by molar-refractivity contribution is -0.140. The molecule has 6 heteroatoms. The second kappa shape index (κ2) is 11.9. The van der Waals surface area contributed by atoms with Crippen molar-refractivity contribution in [2.24, 2.45) is 0 Å². The Morgan fingerprint density at radius 3 is 2.27 bits per heavy atom. The van der Waals surface area contributed by atoms with Gasteiger partial charge in [-0.15, -0.1) is 0 Å². The van der Waals surface area contributed by atoms with Crippen molar-refractivity contribution in [1.29, 1.82) is 0 Å². The molecular formula is C24H32N2O4. The van der Waals surface area contributed by atoms with Crippen molar-refractivity contribution in [3.63, 3.8) is 0 Å². The van der Waals surface area contributed by atoms with Crippen LogP contribution in [0.4, 0.5) is 0 Å². The molecule has 2 amide bonds. The van der Waals surface area contributed by atoms with E-state index in [-0.39, 0.29) is 11.8 Å². The van der Waals surface area contributed by atoms with Crippen LogP contribution < -0.4 is 14.8 Å². The Labute approximate surface area is 179 Å². The van der Waals surface area contributed by atoms with Crippen molar-refractivity contribution < 1.29 is 19.1 Å². The van der Waals surface area contributed by atoms with Gasteiger partial charge in [0, 0.05) is 20.0 Å². The molecule has 0 aliphatic rings. The van der Waals surface area contributed by atoms with Crippen molar-refractivity contribution in [2.75, 3.05) is 20.3 Å². The summed E-state index contributed by atoms with van der Waals surface area (Å²) in [7, 11) is 1.58. The van der Waals surface area contributed by atoms with Crippen LogP contribution in [0.3, 0.4) is 0 Å². The molecule has 0 saturated carbocycles. The van der Waals surface area contributed by atoms with Gasteiger partial charge in [-0.2, -0.15) is 0 Å². The standard InChI is InChI=1S/C24H32N2O4/c1-5-29-21-14-12-19(16-22(21)30-6-2)13-15-23(27)26(18(3)24(28)25-4)17-20-10-8-7-9-11-20/h7-12,14,16,18H,5-6,13,15,17H2,1-4H3,(H,25,28). The Morgan fingerprint density at radius 2 is 1.63 bits per heavy atom. The Hall–Kier alpha value is -3.02. The van der Waals surface area contributed by atoms with Gasteiger partial charge >= 0.3 is 0 Å². The number of hydrogen-bond acceptors (Lipinski definition) is 4. The summed E-state index contributed by atoms with van der Waals surface area (Å²) in [5.74, 6) is 1.14. The fourth-order valence-electron chi connectivity index (χ4n) is 3.22. The maximum absolute atomic E-state index is 13.1. The number of hydrogen-bond donors (Lipinski definition) is 1. The van der Waals surface area contributed by atoms with Crippen molar-refractivity contribution in [1.82, 2.24) is 10.2 Å². The lowest BCUT2D eigenvalue weighted by Crippen LogP contribution is -2.46. The first kappa shape index (κ1) is 23.3. The summed E-state index contributed by atoms with van der Waals surface area (Å²) in [6.45, 7) is 7.09. The quantitative estimate of drug-likeness (QED) is 0.613. The maximum atomic E-state index is 13.1. The van der Waals surface area contributed by atoms with Gasteiger partial charge in [-0.05, 0) is 50.5 Å². The third kappa shape index (κ3) is 6.51. The van der Waals surface area contributed by atoms with Crippen LogP contribution >= 0.6 is 0 Å². The number of likely N-dealkylation sites (N-methyl/N-ethyl adjacent to an activating group) is 1. The average molecular weight is 413 g/mol. The fourth-order valence-corrected chi connectivity index (χ4v) is 3.22. The summed E-state index contributed by atoms with van der Waals surface area (Å²) in [6, 6.07) is 14.9. The predicted octanol–water partition coefficient (Wildman–Crippen LogP) is 3.58. The van der Waals surface area contributed by atoms with Gasteiger partial charge in [0.1, 0.15) is 6.04 Å². The molecular weight excluding hydrogens is 380 g/mol. The Balaban J connectivity index is 2.12. The van der Waals surface area contributed by atoms with Crippen LogP contribution in [0.1, 0.15) is 38.3 Å². The number of carbonyl (C=O) groups is 2. The van der Waals surface area contributed by atoms with Crippen LogP contribution in [0.2, 0.25) is 0 Å². The second-order valence-corrected chi connectivity index (χ2v) is 6.94. The molecule has 0 aliphatic heterocycles. The van der Waals surface area contributed by atoms with Gasteiger partial charge in [-0.1, -0.05) is 36.4 Å². The van der Waals surface area contributed by atoms with E-state index in [2.05, 4.69) is 5.32 Å². The van der Waals surface area contributed by atoms with Crippen LogP contribution in [0.15, 0.2) is 48.5 Å². The fraction of sp³-hybridized carbons (Fsp3) is 0.417. The number of ether oxygens (including phenoxy) is 2. The number of benzene rings is 2. The van der Waals surface area contributed by atoms with E-state index in [0.29, 0.717) is 44.1 Å². The summed E-state index contributed by atoms with van der Waals surface area (Å²) in [5.41, 5.74) is 1.98. The van der Waals surface area contributed by atoms with E-state index < -0.39 is 6.04 Å². The highest BCUT2D eigenvalue weighted by Crippen LogP contribution is 2.29. The summed E-state index contributed by atoms with van der Waals surface area (Å²) >= 11 is 0. The number of aryl methyl sites for hydroxylation is 1. The third-order valence-electron chi connectivity index (χ3n) is 4.84. The van der Waals surface area contributed by atoms with Crippen molar-refractivity contribution in [3.8, 4) is 11.5 Å². The van der Waals surface area contributed by atoms with Gasteiger partial charge in [0.05, 0.1) is 13.2 Å². The first-order valence-electron chi connectivity index (χ1n) is 10.4. The Kier molecular flexibility index (Phi) is 9.19. The molecule has 0 aliphatic carbocycles. The lowest BCUT2D eigenvalue weighted by atomic mass is 10.1. The van der Waals surface area contributed by atoms with E-state index in [9.17, 15) is 9.59 Å². The van der Waals surface area contributed by atoms with Gasteiger partial charge in [0.2, 0.25) is 11.8 Å². The number of rotatable bonds is 11. The molecule has 162 valence electrons. The second-order valence-electron chi connectivity index (χ2n) is 6.94. The third-order valence-corrected chi connectivity index (χ3v) is 4.84. The Bertz CT molecular complexity index is 823. The number of amides is 2. The smallest absolute Gasteiger partial charge is 0.242 e. The molecule has 0 spiro atoms. The molecule has 0 heterocycles. The Morgan fingerprint density at radius 1 is 0.967 bits per heavy atom. The molecule has 0 bridgehead atoms. The molecule has 1 N–H and O–H groups in total. The van der Waals surface area contributed by atoms with E-state index in [4.69, 9.17) is 9.47 Å². The van der Waals surface area contributed by atoms with Crippen LogP contribution in [0.5, 0.6) is 11.5 Å². The highest BCUT2D eigenvalue weighted by atomic mass is 16.5. The van der Waals surface area contributed by atoms with E-state index in [1.807, 2.05) is 62.4 Å². The topological polar surface area (TPSA) is 67.9 Å². The zero-order chi connectivity index (χ0) is 21.9. The van der Waals surface area contributed by atoms with Crippen LogP contribution in [0.25, 0.3) is 0 Å². The minimum Gasteiger partial charge on any atom is -0.490 e. The van der Waals surface area contributed by atoms with Gasteiger partial charge in [-0.25, -0.2) is 0 Å². The summed E-state index contributed by atoms with van der Waals surface area (Å²) in [6.07, 6.45) is 0.852. The molecule has 0 aromatic heterocycles. The minimum atomic E-state index is -0.554. The van der Waals surface area contributed by atoms with Crippen molar-refractivity contribution in [2.45, 2.75) is 46.2 Å². The number of nitrogens with one attached hydrogen (secondary N) is 1. The molecule has 2 aromatic rings. The van der Waals surface area contributed by atoms with Gasteiger partial charge < -0.3 is 19.7 Å². The summed E-state index contributed by atoms with van der Waals surface area (Å²) in [5, 5.41) is 2.64. The SMILES string of the molecule is CCOc1ccc(CCC(=O)N(Cc2ccccc2)C(C)C(=O)NC)cc1OCC. The first-order chi connectivity index (χ1) is 14.5. The van der Waals surface area contributed by atoms with E-state index >= 15 is 0 Å². The van der Waals surface area contributed by atoms with Gasteiger partial charge in [-0.3, -0.25) is 9.59 Å². The van der Waals surface area contributed by atoms with Crippen molar-refractivity contribution >= 4 is 11.8 Å².